The highest BCUT2D eigenvalue weighted by Crippen LogP contribution is 2.18. The summed E-state index contributed by atoms with van der Waals surface area (Å²) in [5.41, 5.74) is 1.16. The first-order valence-electron chi connectivity index (χ1n) is 8.40. The maximum atomic E-state index is 13.7. The van der Waals surface area contributed by atoms with Gasteiger partial charge in [-0.25, -0.2) is 4.39 Å². The van der Waals surface area contributed by atoms with E-state index in [0.717, 1.165) is 11.3 Å². The molecule has 25 heavy (non-hydrogen) atoms. The molecule has 0 spiro atoms. The van der Waals surface area contributed by atoms with Crippen LogP contribution in [-0.4, -0.2) is 24.7 Å². The van der Waals surface area contributed by atoms with Crippen molar-refractivity contribution in [3.63, 3.8) is 0 Å². The predicted molar refractivity (Wildman–Crippen MR) is 95.4 cm³/mol. The minimum Gasteiger partial charge on any atom is -0.491 e. The topological polar surface area (TPSA) is 47.6 Å². The summed E-state index contributed by atoms with van der Waals surface area (Å²) in [7, 11) is 0. The van der Waals surface area contributed by atoms with Crippen molar-refractivity contribution < 1.29 is 18.7 Å². The number of amides is 1. The monoisotopic (exact) mass is 345 g/mol. The summed E-state index contributed by atoms with van der Waals surface area (Å²) in [6, 6.07) is 13.6. The second kappa shape index (κ2) is 9.06. The Kier molecular flexibility index (Phi) is 6.81. The summed E-state index contributed by atoms with van der Waals surface area (Å²) in [4.78, 5) is 12.3. The molecular weight excluding hydrogens is 321 g/mol. The summed E-state index contributed by atoms with van der Waals surface area (Å²) in [6.45, 7) is 6.01. The molecule has 0 radical (unpaired) electrons. The SMILES string of the molecule is CC[C@@H](Oc1ccccc1F)C(=O)N[C@H](C)COc1ccc(C)cc1. The van der Waals surface area contributed by atoms with Gasteiger partial charge in [-0.3, -0.25) is 4.79 Å². The number of halogens is 1. The fourth-order valence-corrected chi connectivity index (χ4v) is 2.25. The Bertz CT molecular complexity index is 688. The van der Waals surface area contributed by atoms with E-state index in [1.165, 1.54) is 12.1 Å². The molecule has 5 heteroatoms. The Morgan fingerprint density at radius 1 is 1.16 bits per heavy atom. The van der Waals surface area contributed by atoms with Crippen molar-refractivity contribution >= 4 is 5.91 Å². The van der Waals surface area contributed by atoms with Gasteiger partial charge in [0.2, 0.25) is 0 Å². The highest BCUT2D eigenvalue weighted by atomic mass is 19.1. The molecule has 0 heterocycles. The van der Waals surface area contributed by atoms with Gasteiger partial charge in [-0.15, -0.1) is 0 Å². The van der Waals surface area contributed by atoms with Gasteiger partial charge in [0.25, 0.3) is 5.91 Å². The number of carbonyl (C=O) groups is 1. The molecule has 134 valence electrons. The van der Waals surface area contributed by atoms with Crippen LogP contribution in [0.15, 0.2) is 48.5 Å². The van der Waals surface area contributed by atoms with Gasteiger partial charge in [0.15, 0.2) is 17.7 Å². The Labute approximate surface area is 148 Å². The Morgan fingerprint density at radius 2 is 1.84 bits per heavy atom. The number of hydrogen-bond acceptors (Lipinski definition) is 3. The largest absolute Gasteiger partial charge is 0.491 e. The van der Waals surface area contributed by atoms with E-state index in [1.54, 1.807) is 12.1 Å². The van der Waals surface area contributed by atoms with Crippen LogP contribution in [0.2, 0.25) is 0 Å². The molecule has 0 bridgehead atoms. The lowest BCUT2D eigenvalue weighted by Gasteiger charge is -2.21. The maximum Gasteiger partial charge on any atom is 0.261 e. The molecule has 1 amide bonds. The van der Waals surface area contributed by atoms with Crippen LogP contribution in [0.3, 0.4) is 0 Å². The van der Waals surface area contributed by atoms with Gasteiger partial charge in [0.05, 0.1) is 6.04 Å². The third-order valence-corrected chi connectivity index (χ3v) is 3.68. The standard InChI is InChI=1S/C20H24FNO3/c1-4-18(25-19-8-6-5-7-17(19)21)20(23)22-15(3)13-24-16-11-9-14(2)10-12-16/h5-12,15,18H,4,13H2,1-3H3,(H,22,23)/t15-,18-/m1/s1. The molecule has 0 saturated heterocycles. The van der Waals surface area contributed by atoms with Gasteiger partial charge in [-0.2, -0.15) is 0 Å². The fraction of sp³-hybridized carbons (Fsp3) is 0.350. The molecule has 0 fully saturated rings. The quantitative estimate of drug-likeness (QED) is 0.790. The second-order valence-electron chi connectivity index (χ2n) is 5.98. The van der Waals surface area contributed by atoms with Gasteiger partial charge in [0, 0.05) is 0 Å². The molecule has 2 rings (SSSR count). The summed E-state index contributed by atoms with van der Waals surface area (Å²) >= 11 is 0. The number of hydrogen-bond donors (Lipinski definition) is 1. The number of benzene rings is 2. The molecule has 1 N–H and O–H groups in total. The third kappa shape index (κ3) is 5.78. The van der Waals surface area contributed by atoms with E-state index in [9.17, 15) is 9.18 Å². The van der Waals surface area contributed by atoms with Crippen LogP contribution in [0, 0.1) is 12.7 Å². The lowest BCUT2D eigenvalue weighted by atomic mass is 10.2. The zero-order chi connectivity index (χ0) is 18.2. The van der Waals surface area contributed by atoms with Crippen molar-refractivity contribution in [2.45, 2.75) is 39.3 Å². The first kappa shape index (κ1) is 18.8. The Hall–Kier alpha value is -2.56. The van der Waals surface area contributed by atoms with Crippen molar-refractivity contribution in [3.05, 3.63) is 59.9 Å². The fourth-order valence-electron chi connectivity index (χ4n) is 2.25. The zero-order valence-corrected chi connectivity index (χ0v) is 14.8. The van der Waals surface area contributed by atoms with E-state index in [0.29, 0.717) is 13.0 Å². The minimum atomic E-state index is -0.751. The molecular formula is C20H24FNO3. The molecule has 0 unspecified atom stereocenters. The van der Waals surface area contributed by atoms with Crippen LogP contribution in [-0.2, 0) is 4.79 Å². The van der Waals surface area contributed by atoms with Crippen LogP contribution in [0.4, 0.5) is 4.39 Å². The minimum absolute atomic E-state index is 0.0769. The number of para-hydroxylation sites is 1. The smallest absolute Gasteiger partial charge is 0.261 e. The number of ether oxygens (including phenoxy) is 2. The van der Waals surface area contributed by atoms with Crippen molar-refractivity contribution in [3.8, 4) is 11.5 Å². The lowest BCUT2D eigenvalue weighted by molar-refractivity contribution is -0.129. The maximum absolute atomic E-state index is 13.7. The third-order valence-electron chi connectivity index (χ3n) is 3.68. The van der Waals surface area contributed by atoms with Crippen LogP contribution >= 0.6 is 0 Å². The first-order chi connectivity index (χ1) is 12.0. The van der Waals surface area contributed by atoms with E-state index in [1.807, 2.05) is 45.0 Å². The molecule has 0 saturated carbocycles. The van der Waals surface area contributed by atoms with Gasteiger partial charge in [-0.05, 0) is 44.5 Å². The van der Waals surface area contributed by atoms with E-state index in [4.69, 9.17) is 9.47 Å². The van der Waals surface area contributed by atoms with E-state index in [-0.39, 0.29) is 17.7 Å². The molecule has 4 nitrogen and oxygen atoms in total. The van der Waals surface area contributed by atoms with Crippen molar-refractivity contribution in [2.75, 3.05) is 6.61 Å². The van der Waals surface area contributed by atoms with Crippen LogP contribution in [0.5, 0.6) is 11.5 Å². The summed E-state index contributed by atoms with van der Waals surface area (Å²) in [5.74, 6) is 0.0599. The number of aryl methyl sites for hydroxylation is 1. The van der Waals surface area contributed by atoms with Crippen LogP contribution in [0.25, 0.3) is 0 Å². The summed E-state index contributed by atoms with van der Waals surface area (Å²) in [6.07, 6.45) is -0.315. The Morgan fingerprint density at radius 3 is 2.48 bits per heavy atom. The molecule has 0 aliphatic rings. The molecule has 0 aliphatic carbocycles. The van der Waals surface area contributed by atoms with E-state index >= 15 is 0 Å². The average Bonchev–Trinajstić information content (AvgIpc) is 2.60. The van der Waals surface area contributed by atoms with Crippen molar-refractivity contribution in [1.82, 2.24) is 5.32 Å². The second-order valence-corrected chi connectivity index (χ2v) is 5.98. The molecule has 0 aliphatic heterocycles. The highest BCUT2D eigenvalue weighted by molar-refractivity contribution is 5.81. The van der Waals surface area contributed by atoms with Crippen LogP contribution in [0.1, 0.15) is 25.8 Å². The predicted octanol–water partition coefficient (Wildman–Crippen LogP) is 3.88. The summed E-state index contributed by atoms with van der Waals surface area (Å²) < 4.78 is 24.8. The first-order valence-corrected chi connectivity index (χ1v) is 8.40. The highest BCUT2D eigenvalue weighted by Gasteiger charge is 2.21. The van der Waals surface area contributed by atoms with Crippen LogP contribution < -0.4 is 14.8 Å². The van der Waals surface area contributed by atoms with Crippen molar-refractivity contribution in [1.29, 1.82) is 0 Å². The normalized spacial score (nSPS) is 13.0. The van der Waals surface area contributed by atoms with Gasteiger partial charge in [-0.1, -0.05) is 36.8 Å². The Balaban J connectivity index is 1.85. The number of carbonyl (C=O) groups excluding carboxylic acids is 1. The lowest BCUT2D eigenvalue weighted by Crippen LogP contribution is -2.44. The molecule has 2 atom stereocenters. The van der Waals surface area contributed by atoms with Gasteiger partial charge < -0.3 is 14.8 Å². The molecule has 0 aromatic heterocycles. The van der Waals surface area contributed by atoms with Gasteiger partial charge in [0.1, 0.15) is 12.4 Å². The zero-order valence-electron chi connectivity index (χ0n) is 14.8. The molecule has 2 aromatic carbocycles. The van der Waals surface area contributed by atoms with Gasteiger partial charge >= 0.3 is 0 Å². The molecule has 2 aromatic rings. The van der Waals surface area contributed by atoms with E-state index < -0.39 is 11.9 Å². The number of nitrogens with one attached hydrogen (secondary N) is 1. The van der Waals surface area contributed by atoms with Crippen molar-refractivity contribution in [2.24, 2.45) is 0 Å². The average molecular weight is 345 g/mol. The summed E-state index contributed by atoms with van der Waals surface area (Å²) in [5, 5.41) is 2.84. The van der Waals surface area contributed by atoms with E-state index in [2.05, 4.69) is 5.32 Å². The number of rotatable bonds is 8.